The van der Waals surface area contributed by atoms with Crippen LogP contribution in [0.15, 0.2) is 42.5 Å². The van der Waals surface area contributed by atoms with Crippen molar-refractivity contribution in [2.75, 3.05) is 13.7 Å². The Hall–Kier alpha value is -1.22. The quantitative estimate of drug-likeness (QED) is 0.799. The molecule has 0 aliphatic carbocycles. The van der Waals surface area contributed by atoms with E-state index in [-0.39, 0.29) is 6.04 Å². The standard InChI is InChI=1S/C17H19Cl2NO/c1-3-10-20-17(13-6-4-5-7-15(13)19)14-9-8-12(18)11-16(14)21-2/h4-9,11,17,20H,3,10H2,1-2H3. The summed E-state index contributed by atoms with van der Waals surface area (Å²) in [7, 11) is 1.65. The average Bonchev–Trinajstić information content (AvgIpc) is 2.50. The van der Waals surface area contributed by atoms with Crippen LogP contribution in [0.2, 0.25) is 10.0 Å². The van der Waals surface area contributed by atoms with Gasteiger partial charge in [-0.3, -0.25) is 0 Å². The molecule has 21 heavy (non-hydrogen) atoms. The highest BCUT2D eigenvalue weighted by molar-refractivity contribution is 6.31. The van der Waals surface area contributed by atoms with Crippen LogP contribution in [0.3, 0.4) is 0 Å². The molecular weight excluding hydrogens is 305 g/mol. The molecule has 1 atom stereocenters. The highest BCUT2D eigenvalue weighted by atomic mass is 35.5. The molecular formula is C17H19Cl2NO. The van der Waals surface area contributed by atoms with Crippen LogP contribution in [0.5, 0.6) is 5.75 Å². The van der Waals surface area contributed by atoms with Crippen molar-refractivity contribution in [3.05, 3.63) is 63.6 Å². The van der Waals surface area contributed by atoms with Gasteiger partial charge in [-0.2, -0.15) is 0 Å². The Bertz CT molecular complexity index is 601. The maximum absolute atomic E-state index is 6.37. The van der Waals surface area contributed by atoms with Crippen LogP contribution >= 0.6 is 23.2 Å². The highest BCUT2D eigenvalue weighted by Crippen LogP contribution is 2.35. The lowest BCUT2D eigenvalue weighted by Crippen LogP contribution is -2.24. The summed E-state index contributed by atoms with van der Waals surface area (Å²) in [6, 6.07) is 13.5. The molecule has 2 aromatic carbocycles. The zero-order valence-corrected chi connectivity index (χ0v) is 13.7. The number of ether oxygens (including phenoxy) is 1. The van der Waals surface area contributed by atoms with Crippen LogP contribution in [0.4, 0.5) is 0 Å². The Labute approximate surface area is 136 Å². The normalized spacial score (nSPS) is 12.2. The summed E-state index contributed by atoms with van der Waals surface area (Å²) in [6.45, 7) is 3.03. The first-order valence-corrected chi connectivity index (χ1v) is 7.74. The van der Waals surface area contributed by atoms with Crippen molar-refractivity contribution in [1.29, 1.82) is 0 Å². The first-order valence-electron chi connectivity index (χ1n) is 6.98. The first kappa shape index (κ1) is 16.2. The zero-order chi connectivity index (χ0) is 15.2. The molecule has 0 saturated carbocycles. The summed E-state index contributed by atoms with van der Waals surface area (Å²) in [5.41, 5.74) is 2.07. The van der Waals surface area contributed by atoms with Crippen LogP contribution < -0.4 is 10.1 Å². The maximum Gasteiger partial charge on any atom is 0.125 e. The van der Waals surface area contributed by atoms with Gasteiger partial charge in [0.15, 0.2) is 0 Å². The second kappa shape index (κ2) is 7.69. The van der Waals surface area contributed by atoms with E-state index < -0.39 is 0 Å². The lowest BCUT2D eigenvalue weighted by atomic mass is 9.97. The molecule has 2 rings (SSSR count). The Morgan fingerprint density at radius 2 is 1.86 bits per heavy atom. The van der Waals surface area contributed by atoms with E-state index in [0.717, 1.165) is 34.9 Å². The third kappa shape index (κ3) is 3.91. The molecule has 0 spiro atoms. The smallest absolute Gasteiger partial charge is 0.125 e. The third-order valence-electron chi connectivity index (χ3n) is 3.32. The fourth-order valence-corrected chi connectivity index (χ4v) is 2.72. The van der Waals surface area contributed by atoms with Crippen LogP contribution in [0.25, 0.3) is 0 Å². The highest BCUT2D eigenvalue weighted by Gasteiger charge is 2.20. The van der Waals surface area contributed by atoms with Gasteiger partial charge in [-0.1, -0.05) is 54.4 Å². The van der Waals surface area contributed by atoms with Gasteiger partial charge in [-0.25, -0.2) is 0 Å². The first-order chi connectivity index (χ1) is 10.2. The van der Waals surface area contributed by atoms with E-state index in [0.29, 0.717) is 5.02 Å². The van der Waals surface area contributed by atoms with Crippen molar-refractivity contribution in [2.45, 2.75) is 19.4 Å². The average molecular weight is 324 g/mol. The Kier molecular flexibility index (Phi) is 5.92. The van der Waals surface area contributed by atoms with Crippen LogP contribution in [-0.4, -0.2) is 13.7 Å². The van der Waals surface area contributed by atoms with Crippen LogP contribution in [0, 0.1) is 0 Å². The molecule has 1 unspecified atom stereocenters. The van der Waals surface area contributed by atoms with Crippen molar-refractivity contribution in [3.8, 4) is 5.75 Å². The molecule has 112 valence electrons. The number of methoxy groups -OCH3 is 1. The minimum absolute atomic E-state index is 0.0223. The molecule has 2 nitrogen and oxygen atoms in total. The number of nitrogens with one attached hydrogen (secondary N) is 1. The number of halogens is 2. The van der Waals surface area contributed by atoms with Gasteiger partial charge < -0.3 is 10.1 Å². The van der Waals surface area contributed by atoms with Crippen molar-refractivity contribution in [2.24, 2.45) is 0 Å². The number of hydrogen-bond acceptors (Lipinski definition) is 2. The SMILES string of the molecule is CCCNC(c1ccccc1Cl)c1ccc(Cl)cc1OC. The van der Waals surface area contributed by atoms with Crippen LogP contribution in [0.1, 0.15) is 30.5 Å². The number of hydrogen-bond donors (Lipinski definition) is 1. The van der Waals surface area contributed by atoms with Gasteiger partial charge in [-0.05, 0) is 36.7 Å². The molecule has 0 amide bonds. The molecule has 0 bridgehead atoms. The predicted molar refractivity (Wildman–Crippen MR) is 89.6 cm³/mol. The van der Waals surface area contributed by atoms with Gasteiger partial charge >= 0.3 is 0 Å². The largest absolute Gasteiger partial charge is 0.496 e. The van der Waals surface area contributed by atoms with Crippen molar-refractivity contribution in [1.82, 2.24) is 5.32 Å². The van der Waals surface area contributed by atoms with Gasteiger partial charge in [0.05, 0.1) is 13.2 Å². The second-order valence-electron chi connectivity index (χ2n) is 4.79. The molecule has 0 aliphatic rings. The summed E-state index contributed by atoms with van der Waals surface area (Å²) < 4.78 is 5.48. The third-order valence-corrected chi connectivity index (χ3v) is 3.90. The summed E-state index contributed by atoms with van der Waals surface area (Å²) in [4.78, 5) is 0. The monoisotopic (exact) mass is 323 g/mol. The van der Waals surface area contributed by atoms with Gasteiger partial charge in [0.1, 0.15) is 5.75 Å². The summed E-state index contributed by atoms with van der Waals surface area (Å²) in [5, 5.41) is 4.92. The predicted octanol–water partition coefficient (Wildman–Crippen LogP) is 5.09. The topological polar surface area (TPSA) is 21.3 Å². The van der Waals surface area contributed by atoms with E-state index in [1.165, 1.54) is 0 Å². The molecule has 2 aromatic rings. The Balaban J connectivity index is 2.48. The maximum atomic E-state index is 6.37. The molecule has 0 heterocycles. The van der Waals surface area contributed by atoms with Crippen LogP contribution in [-0.2, 0) is 0 Å². The van der Waals surface area contributed by atoms with Gasteiger partial charge in [0.2, 0.25) is 0 Å². The Morgan fingerprint density at radius 1 is 1.10 bits per heavy atom. The number of rotatable bonds is 6. The van der Waals surface area contributed by atoms with Crippen molar-refractivity contribution >= 4 is 23.2 Å². The van der Waals surface area contributed by atoms with E-state index in [1.54, 1.807) is 7.11 Å². The number of benzene rings is 2. The minimum Gasteiger partial charge on any atom is -0.496 e. The fraction of sp³-hybridized carbons (Fsp3) is 0.294. The summed E-state index contributed by atoms with van der Waals surface area (Å²) in [5.74, 6) is 0.760. The minimum atomic E-state index is -0.0223. The van der Waals surface area contributed by atoms with E-state index in [4.69, 9.17) is 27.9 Å². The fourth-order valence-electron chi connectivity index (χ4n) is 2.31. The lowest BCUT2D eigenvalue weighted by Gasteiger charge is -2.23. The van der Waals surface area contributed by atoms with E-state index in [1.807, 2.05) is 42.5 Å². The van der Waals surface area contributed by atoms with Crippen molar-refractivity contribution < 1.29 is 4.74 Å². The molecule has 1 N–H and O–H groups in total. The molecule has 4 heteroatoms. The molecule has 0 aliphatic heterocycles. The molecule has 0 radical (unpaired) electrons. The van der Waals surface area contributed by atoms with Gasteiger partial charge in [-0.15, -0.1) is 0 Å². The Morgan fingerprint density at radius 3 is 2.52 bits per heavy atom. The second-order valence-corrected chi connectivity index (χ2v) is 5.64. The molecule has 0 aromatic heterocycles. The zero-order valence-electron chi connectivity index (χ0n) is 12.2. The summed E-state index contributed by atoms with van der Waals surface area (Å²) in [6.07, 6.45) is 1.04. The van der Waals surface area contributed by atoms with E-state index in [2.05, 4.69) is 12.2 Å². The lowest BCUT2D eigenvalue weighted by molar-refractivity contribution is 0.404. The van der Waals surface area contributed by atoms with Gasteiger partial charge in [0, 0.05) is 15.6 Å². The molecule has 0 saturated heterocycles. The van der Waals surface area contributed by atoms with E-state index in [9.17, 15) is 0 Å². The summed E-state index contributed by atoms with van der Waals surface area (Å²) >= 11 is 12.4. The van der Waals surface area contributed by atoms with Gasteiger partial charge in [0.25, 0.3) is 0 Å². The molecule has 0 fully saturated rings. The van der Waals surface area contributed by atoms with E-state index >= 15 is 0 Å². The van der Waals surface area contributed by atoms with Crippen molar-refractivity contribution in [3.63, 3.8) is 0 Å².